The van der Waals surface area contributed by atoms with Crippen LogP contribution in [-0.2, 0) is 0 Å². The molecule has 2 rings (SSSR count). The average Bonchev–Trinajstić information content (AvgIpc) is 2.96. The summed E-state index contributed by atoms with van der Waals surface area (Å²) in [5, 5.41) is 5.52. The summed E-state index contributed by atoms with van der Waals surface area (Å²) in [5.41, 5.74) is 0.538. The van der Waals surface area contributed by atoms with Crippen molar-refractivity contribution in [2.24, 2.45) is 0 Å². The van der Waals surface area contributed by atoms with Crippen molar-refractivity contribution < 1.29 is 4.79 Å². The molecule has 1 aliphatic heterocycles. The zero-order valence-electron chi connectivity index (χ0n) is 9.43. The minimum atomic E-state index is 0.0228. The molecule has 0 saturated heterocycles. The van der Waals surface area contributed by atoms with E-state index in [4.69, 9.17) is 0 Å². The molecule has 1 amide bonds. The fraction of sp³-hybridized carbons (Fsp3) is 0.455. The van der Waals surface area contributed by atoms with Crippen LogP contribution in [0.1, 0.15) is 23.8 Å². The van der Waals surface area contributed by atoms with E-state index in [-0.39, 0.29) is 11.9 Å². The maximum atomic E-state index is 12.1. The number of carbonyl (C=O) groups is 1. The third kappa shape index (κ3) is 1.95. The van der Waals surface area contributed by atoms with Gasteiger partial charge in [0.05, 0.1) is 6.04 Å². The van der Waals surface area contributed by atoms with E-state index >= 15 is 0 Å². The van der Waals surface area contributed by atoms with Gasteiger partial charge in [0.2, 0.25) is 0 Å². The van der Waals surface area contributed by atoms with Crippen LogP contribution in [0.4, 0.5) is 5.13 Å². The lowest BCUT2D eigenvalue weighted by atomic mass is 10.2. The minimum absolute atomic E-state index is 0.0228. The molecule has 1 N–H and O–H groups in total. The highest BCUT2D eigenvalue weighted by Crippen LogP contribution is 2.20. The second kappa shape index (κ2) is 4.65. The fourth-order valence-corrected chi connectivity index (χ4v) is 2.44. The Labute approximate surface area is 99.0 Å². The lowest BCUT2D eigenvalue weighted by molar-refractivity contribution is 0.0742. The van der Waals surface area contributed by atoms with Gasteiger partial charge < -0.3 is 10.2 Å². The Hall–Kier alpha value is -1.36. The maximum absolute atomic E-state index is 12.1. The average molecular weight is 237 g/mol. The molecule has 2 heterocycles. The standard InChI is InChI=1S/C11H15N3OS/c1-3-8-5-4-6-14(8)10(15)9-7-16-11(12-2)13-9/h4-5,7-8H,3,6H2,1-2H3,(H,12,13). The lowest BCUT2D eigenvalue weighted by Crippen LogP contribution is -2.35. The maximum Gasteiger partial charge on any atom is 0.274 e. The van der Waals surface area contributed by atoms with Gasteiger partial charge in [0.15, 0.2) is 5.13 Å². The SMILES string of the molecule is CCC1C=CCN1C(=O)c1csc(NC)n1. The summed E-state index contributed by atoms with van der Waals surface area (Å²) in [6.07, 6.45) is 5.08. The molecule has 0 aliphatic carbocycles. The zero-order chi connectivity index (χ0) is 11.5. The monoisotopic (exact) mass is 237 g/mol. The van der Waals surface area contributed by atoms with Crippen molar-refractivity contribution in [3.05, 3.63) is 23.2 Å². The molecule has 4 nitrogen and oxygen atoms in total. The molecule has 1 aromatic rings. The Morgan fingerprint density at radius 3 is 3.19 bits per heavy atom. The molecule has 0 bridgehead atoms. The van der Waals surface area contributed by atoms with E-state index in [1.165, 1.54) is 11.3 Å². The molecular formula is C11H15N3OS. The summed E-state index contributed by atoms with van der Waals surface area (Å²) in [4.78, 5) is 18.2. The van der Waals surface area contributed by atoms with Crippen molar-refractivity contribution in [3.8, 4) is 0 Å². The van der Waals surface area contributed by atoms with E-state index in [1.807, 2.05) is 11.0 Å². The Kier molecular flexibility index (Phi) is 3.24. The lowest BCUT2D eigenvalue weighted by Gasteiger charge is -2.22. The van der Waals surface area contributed by atoms with Gasteiger partial charge in [-0.05, 0) is 6.42 Å². The first-order valence-corrected chi connectivity index (χ1v) is 6.25. The first-order chi connectivity index (χ1) is 7.76. The van der Waals surface area contributed by atoms with Crippen LogP contribution >= 0.6 is 11.3 Å². The van der Waals surface area contributed by atoms with Gasteiger partial charge in [0.1, 0.15) is 5.69 Å². The van der Waals surface area contributed by atoms with Gasteiger partial charge in [-0.2, -0.15) is 0 Å². The van der Waals surface area contributed by atoms with Crippen LogP contribution < -0.4 is 5.32 Å². The molecule has 0 aromatic carbocycles. The van der Waals surface area contributed by atoms with E-state index in [0.29, 0.717) is 12.2 Å². The molecule has 0 saturated carbocycles. The van der Waals surface area contributed by atoms with E-state index in [2.05, 4.69) is 23.3 Å². The molecule has 0 radical (unpaired) electrons. The molecule has 5 heteroatoms. The quantitative estimate of drug-likeness (QED) is 0.818. The smallest absolute Gasteiger partial charge is 0.274 e. The Bertz CT molecular complexity index is 413. The van der Waals surface area contributed by atoms with Crippen LogP contribution in [0.5, 0.6) is 0 Å². The largest absolute Gasteiger partial charge is 0.365 e. The summed E-state index contributed by atoms with van der Waals surface area (Å²) < 4.78 is 0. The van der Waals surface area contributed by atoms with Gasteiger partial charge in [-0.25, -0.2) is 4.98 Å². The van der Waals surface area contributed by atoms with Gasteiger partial charge in [0.25, 0.3) is 5.91 Å². The summed E-state index contributed by atoms with van der Waals surface area (Å²) >= 11 is 1.46. The number of hydrogen-bond donors (Lipinski definition) is 1. The normalized spacial score (nSPS) is 19.1. The van der Waals surface area contributed by atoms with E-state index < -0.39 is 0 Å². The number of rotatable bonds is 3. The van der Waals surface area contributed by atoms with Crippen molar-refractivity contribution in [2.75, 3.05) is 18.9 Å². The van der Waals surface area contributed by atoms with E-state index in [9.17, 15) is 4.79 Å². The molecule has 16 heavy (non-hydrogen) atoms. The van der Waals surface area contributed by atoms with Gasteiger partial charge in [-0.15, -0.1) is 11.3 Å². The molecule has 0 spiro atoms. The first-order valence-electron chi connectivity index (χ1n) is 5.37. The van der Waals surface area contributed by atoms with Crippen LogP contribution in [0.15, 0.2) is 17.5 Å². The van der Waals surface area contributed by atoms with Gasteiger partial charge in [-0.3, -0.25) is 4.79 Å². The van der Waals surface area contributed by atoms with Crippen LogP contribution in [0.2, 0.25) is 0 Å². The van der Waals surface area contributed by atoms with Gasteiger partial charge in [0, 0.05) is 19.0 Å². The van der Waals surface area contributed by atoms with Crippen molar-refractivity contribution >= 4 is 22.4 Å². The minimum Gasteiger partial charge on any atom is -0.365 e. The van der Waals surface area contributed by atoms with Crippen molar-refractivity contribution in [1.82, 2.24) is 9.88 Å². The third-order valence-corrected chi connectivity index (χ3v) is 3.54. The zero-order valence-corrected chi connectivity index (χ0v) is 10.3. The number of nitrogens with zero attached hydrogens (tertiary/aromatic N) is 2. The van der Waals surface area contributed by atoms with E-state index in [0.717, 1.165) is 11.6 Å². The van der Waals surface area contributed by atoms with Crippen LogP contribution in [-0.4, -0.2) is 35.4 Å². The molecule has 1 atom stereocenters. The van der Waals surface area contributed by atoms with Gasteiger partial charge in [-0.1, -0.05) is 19.1 Å². The molecule has 86 valence electrons. The highest BCUT2D eigenvalue weighted by molar-refractivity contribution is 7.13. The Balaban J connectivity index is 2.13. The predicted octanol–water partition coefficient (Wildman–Crippen LogP) is 1.98. The number of anilines is 1. The van der Waals surface area contributed by atoms with Crippen LogP contribution in [0.25, 0.3) is 0 Å². The van der Waals surface area contributed by atoms with Crippen molar-refractivity contribution in [1.29, 1.82) is 0 Å². The van der Waals surface area contributed by atoms with Crippen LogP contribution in [0, 0.1) is 0 Å². The highest BCUT2D eigenvalue weighted by Gasteiger charge is 2.25. The fourth-order valence-electron chi connectivity index (χ4n) is 1.79. The third-order valence-electron chi connectivity index (χ3n) is 2.68. The molecule has 1 unspecified atom stereocenters. The number of amides is 1. The van der Waals surface area contributed by atoms with E-state index in [1.54, 1.807) is 12.4 Å². The molecule has 1 aliphatic rings. The first kappa shape index (κ1) is 11.1. The molecular weight excluding hydrogens is 222 g/mol. The summed E-state index contributed by atoms with van der Waals surface area (Å²) in [6, 6.07) is 0.229. The van der Waals surface area contributed by atoms with Gasteiger partial charge >= 0.3 is 0 Å². The number of carbonyl (C=O) groups excluding carboxylic acids is 1. The number of thiazole rings is 1. The van der Waals surface area contributed by atoms with Crippen LogP contribution in [0.3, 0.4) is 0 Å². The van der Waals surface area contributed by atoms with Crippen molar-refractivity contribution in [3.63, 3.8) is 0 Å². The second-order valence-corrected chi connectivity index (χ2v) is 4.51. The van der Waals surface area contributed by atoms with Crippen molar-refractivity contribution in [2.45, 2.75) is 19.4 Å². The molecule has 1 aromatic heterocycles. The Morgan fingerprint density at radius 2 is 2.56 bits per heavy atom. The second-order valence-electron chi connectivity index (χ2n) is 3.65. The Morgan fingerprint density at radius 1 is 1.75 bits per heavy atom. The molecule has 0 fully saturated rings. The topological polar surface area (TPSA) is 45.2 Å². The summed E-state index contributed by atoms with van der Waals surface area (Å²) in [7, 11) is 1.80. The number of aromatic nitrogens is 1. The summed E-state index contributed by atoms with van der Waals surface area (Å²) in [5.74, 6) is 0.0228. The predicted molar refractivity (Wildman–Crippen MR) is 65.9 cm³/mol. The number of hydrogen-bond acceptors (Lipinski definition) is 4. The summed E-state index contributed by atoms with van der Waals surface area (Å²) in [6.45, 7) is 2.78. The number of nitrogens with one attached hydrogen (secondary N) is 1. The highest BCUT2D eigenvalue weighted by atomic mass is 32.1.